The third kappa shape index (κ3) is 4.58. The number of imidazole rings is 1. The molecule has 3 rings (SSSR count). The molecule has 0 atom stereocenters. The Morgan fingerprint density at radius 2 is 2.18 bits per heavy atom. The van der Waals surface area contributed by atoms with E-state index in [9.17, 15) is 0 Å². The van der Waals surface area contributed by atoms with Gasteiger partial charge in [-0.2, -0.15) is 9.97 Å². The summed E-state index contributed by atoms with van der Waals surface area (Å²) in [6.45, 7) is 1.93. The molecule has 0 spiro atoms. The highest BCUT2D eigenvalue weighted by Gasteiger charge is 2.18. The van der Waals surface area contributed by atoms with Crippen molar-refractivity contribution < 1.29 is 4.74 Å². The first-order valence-corrected chi connectivity index (χ1v) is 9.21. The van der Waals surface area contributed by atoms with Crippen molar-refractivity contribution in [2.45, 2.75) is 18.9 Å². The average molecular weight is 385 g/mol. The molecule has 0 aliphatic carbocycles. The van der Waals surface area contributed by atoms with Crippen molar-refractivity contribution in [3.8, 4) is 6.01 Å². The Morgan fingerprint density at radius 1 is 1.39 bits per heavy atom. The highest BCUT2D eigenvalue weighted by molar-refractivity contribution is 6.11. The van der Waals surface area contributed by atoms with Gasteiger partial charge in [-0.25, -0.2) is 4.98 Å². The van der Waals surface area contributed by atoms with E-state index in [0.717, 1.165) is 37.1 Å². The van der Waals surface area contributed by atoms with Gasteiger partial charge >= 0.3 is 0 Å². The van der Waals surface area contributed by atoms with Gasteiger partial charge in [0.2, 0.25) is 5.95 Å². The molecule has 3 heterocycles. The fourth-order valence-electron chi connectivity index (χ4n) is 2.98. The van der Waals surface area contributed by atoms with Crippen molar-refractivity contribution in [3.05, 3.63) is 24.2 Å². The number of ether oxygens (including phenoxy) is 1. The number of hydrogen-bond acceptors (Lipinski definition) is 9. The number of piperidine rings is 1. The van der Waals surface area contributed by atoms with E-state index in [1.54, 1.807) is 26.5 Å². The largest absolute Gasteiger partial charge is 0.461 e. The molecule has 0 bridgehead atoms. The van der Waals surface area contributed by atoms with E-state index in [4.69, 9.17) is 10.5 Å². The number of aromatic nitrogens is 4. The summed E-state index contributed by atoms with van der Waals surface area (Å²) in [4.78, 5) is 17.4. The molecule has 150 valence electrons. The summed E-state index contributed by atoms with van der Waals surface area (Å²) >= 11 is 0. The van der Waals surface area contributed by atoms with E-state index >= 15 is 0 Å². The number of allylic oxidation sites excluding steroid dienone is 1. The minimum Gasteiger partial charge on any atom is -0.461 e. The predicted molar refractivity (Wildman–Crippen MR) is 111 cm³/mol. The molecule has 2 aromatic rings. The smallest absolute Gasteiger partial charge is 0.298 e. The molecule has 1 aliphatic heterocycles. The minimum atomic E-state index is 0.184. The second-order valence-corrected chi connectivity index (χ2v) is 6.43. The molecule has 0 radical (unpaired) electrons. The van der Waals surface area contributed by atoms with Gasteiger partial charge in [-0.3, -0.25) is 4.99 Å². The molecular weight excluding hydrogens is 358 g/mol. The lowest BCUT2D eigenvalue weighted by molar-refractivity contribution is 0.144. The second-order valence-electron chi connectivity index (χ2n) is 6.43. The molecule has 0 aromatic carbocycles. The first-order valence-electron chi connectivity index (χ1n) is 9.21. The van der Waals surface area contributed by atoms with Crippen LogP contribution in [0.15, 0.2) is 23.6 Å². The fraction of sp³-hybridized carbons (Fsp3) is 0.444. The fourth-order valence-corrected chi connectivity index (χ4v) is 2.98. The molecule has 1 aliphatic rings. The molecule has 0 saturated carbocycles. The van der Waals surface area contributed by atoms with E-state index in [0.29, 0.717) is 23.6 Å². The number of rotatable bonds is 7. The number of hydrogen-bond donors (Lipinski definition) is 4. The van der Waals surface area contributed by atoms with Crippen molar-refractivity contribution in [2.75, 3.05) is 37.8 Å². The van der Waals surface area contributed by atoms with Gasteiger partial charge in [0.05, 0.1) is 6.20 Å². The molecular formula is C18H27N9O. The maximum Gasteiger partial charge on any atom is 0.298 e. The summed E-state index contributed by atoms with van der Waals surface area (Å²) in [6, 6.07) is 0.576. The van der Waals surface area contributed by atoms with Gasteiger partial charge in [-0.1, -0.05) is 0 Å². The second kappa shape index (κ2) is 9.18. The van der Waals surface area contributed by atoms with Crippen LogP contribution in [0, 0.1) is 0 Å². The van der Waals surface area contributed by atoms with Crippen LogP contribution >= 0.6 is 0 Å². The average Bonchev–Trinajstić information content (AvgIpc) is 3.05. The lowest BCUT2D eigenvalue weighted by Gasteiger charge is -2.22. The Balaban J connectivity index is 1.75. The number of nitrogens with zero attached hydrogens (tertiary/aromatic N) is 5. The number of anilines is 3. The van der Waals surface area contributed by atoms with Gasteiger partial charge in [-0.05, 0) is 25.9 Å². The number of nitrogens with one attached hydrogen (secondary N) is 3. The van der Waals surface area contributed by atoms with Gasteiger partial charge in [0.1, 0.15) is 11.9 Å². The molecule has 5 N–H and O–H groups in total. The van der Waals surface area contributed by atoms with E-state index in [-0.39, 0.29) is 6.10 Å². The quantitative estimate of drug-likeness (QED) is 0.522. The van der Waals surface area contributed by atoms with Crippen molar-refractivity contribution in [1.29, 1.82) is 0 Å². The lowest BCUT2D eigenvalue weighted by Crippen LogP contribution is -2.34. The molecule has 2 aromatic heterocycles. The SMILES string of the molecule is CN=CC(=CN)c1cnc(Nc2cn(C)c(OC3CCNCC3)n2)nc1NC. The van der Waals surface area contributed by atoms with Gasteiger partial charge < -0.3 is 31.0 Å². The molecule has 28 heavy (non-hydrogen) atoms. The van der Waals surface area contributed by atoms with Crippen LogP contribution in [0.2, 0.25) is 0 Å². The first kappa shape index (κ1) is 19.6. The Morgan fingerprint density at radius 3 is 2.86 bits per heavy atom. The number of aliphatic imine (C=N–C) groups is 1. The summed E-state index contributed by atoms with van der Waals surface area (Å²) in [6.07, 6.45) is 8.81. The molecule has 0 unspecified atom stereocenters. The summed E-state index contributed by atoms with van der Waals surface area (Å²) in [5.41, 5.74) is 7.18. The van der Waals surface area contributed by atoms with E-state index < -0.39 is 0 Å². The van der Waals surface area contributed by atoms with Crippen LogP contribution in [0.1, 0.15) is 18.4 Å². The van der Waals surface area contributed by atoms with Gasteiger partial charge in [0, 0.05) is 50.9 Å². The van der Waals surface area contributed by atoms with E-state index in [2.05, 4.69) is 35.9 Å². The highest BCUT2D eigenvalue weighted by atomic mass is 16.5. The molecule has 10 heteroatoms. The van der Waals surface area contributed by atoms with Crippen LogP contribution < -0.4 is 26.4 Å². The Kier molecular flexibility index (Phi) is 6.43. The first-order chi connectivity index (χ1) is 13.6. The van der Waals surface area contributed by atoms with Crippen LogP contribution in [0.25, 0.3) is 5.57 Å². The summed E-state index contributed by atoms with van der Waals surface area (Å²) < 4.78 is 7.88. The van der Waals surface area contributed by atoms with Gasteiger partial charge in [-0.15, -0.1) is 0 Å². The monoisotopic (exact) mass is 385 g/mol. The Hall–Kier alpha value is -3.14. The highest BCUT2D eigenvalue weighted by Crippen LogP contribution is 2.23. The zero-order valence-corrected chi connectivity index (χ0v) is 16.4. The maximum absolute atomic E-state index is 6.02. The summed E-state index contributed by atoms with van der Waals surface area (Å²) in [5, 5.41) is 9.51. The minimum absolute atomic E-state index is 0.184. The number of aryl methyl sites for hydroxylation is 1. The van der Waals surface area contributed by atoms with Gasteiger partial charge in [0.15, 0.2) is 5.82 Å². The summed E-state index contributed by atoms with van der Waals surface area (Å²) in [5.74, 6) is 1.67. The normalized spacial score (nSPS) is 15.8. The zero-order chi connectivity index (χ0) is 19.9. The topological polar surface area (TPSA) is 127 Å². The van der Waals surface area contributed by atoms with Crippen molar-refractivity contribution in [2.24, 2.45) is 17.8 Å². The van der Waals surface area contributed by atoms with Crippen molar-refractivity contribution >= 4 is 29.4 Å². The molecule has 1 fully saturated rings. The Bertz CT molecular complexity index is 853. The van der Waals surface area contributed by atoms with Crippen LogP contribution in [0.5, 0.6) is 6.01 Å². The number of nitrogens with two attached hydrogens (primary N) is 1. The standard InChI is InChI=1S/C18H27N9O/c1-20-9-12(8-19)14-10-23-17(26-16(14)21-2)24-15-11-27(3)18(25-15)28-13-4-6-22-7-5-13/h8-11,13,22H,4-7,19H2,1-3H3,(H2,21,23,24,26). The van der Waals surface area contributed by atoms with Crippen LogP contribution in [-0.4, -0.2) is 59.0 Å². The van der Waals surface area contributed by atoms with Crippen molar-refractivity contribution in [1.82, 2.24) is 24.8 Å². The molecule has 0 amide bonds. The molecule has 10 nitrogen and oxygen atoms in total. The third-order valence-electron chi connectivity index (χ3n) is 4.42. The van der Waals surface area contributed by atoms with Gasteiger partial charge in [0.25, 0.3) is 6.01 Å². The summed E-state index contributed by atoms with van der Waals surface area (Å²) in [7, 11) is 5.38. The van der Waals surface area contributed by atoms with E-state index in [1.165, 1.54) is 6.20 Å². The molecule has 1 saturated heterocycles. The van der Waals surface area contributed by atoms with Crippen molar-refractivity contribution in [3.63, 3.8) is 0 Å². The predicted octanol–water partition coefficient (Wildman–Crippen LogP) is 1.13. The van der Waals surface area contributed by atoms with E-state index in [1.807, 2.05) is 17.8 Å². The van der Waals surface area contributed by atoms with Crippen LogP contribution in [0.3, 0.4) is 0 Å². The zero-order valence-electron chi connectivity index (χ0n) is 16.4. The third-order valence-corrected chi connectivity index (χ3v) is 4.42. The van der Waals surface area contributed by atoms with Crippen LogP contribution in [0.4, 0.5) is 17.6 Å². The lowest BCUT2D eigenvalue weighted by atomic mass is 10.1. The maximum atomic E-state index is 6.02. The Labute approximate surface area is 164 Å². The van der Waals surface area contributed by atoms with Crippen LogP contribution in [-0.2, 0) is 7.05 Å².